The molecule has 1 aliphatic heterocycles. The van der Waals surface area contributed by atoms with Crippen LogP contribution in [0.2, 0.25) is 5.02 Å². The molecule has 0 saturated carbocycles. The predicted molar refractivity (Wildman–Crippen MR) is 127 cm³/mol. The number of piperazine rings is 1. The maximum atomic E-state index is 14.3. The van der Waals surface area contributed by atoms with Crippen molar-refractivity contribution in [3.05, 3.63) is 52.1 Å². The highest BCUT2D eigenvalue weighted by Crippen LogP contribution is 2.31. The Kier molecular flexibility index (Phi) is 8.39. The summed E-state index contributed by atoms with van der Waals surface area (Å²) in [6.45, 7) is 3.83. The number of hydrogen-bond acceptors (Lipinski definition) is 5. The van der Waals surface area contributed by atoms with Crippen LogP contribution in [0.1, 0.15) is 23.7 Å². The zero-order valence-corrected chi connectivity index (χ0v) is 20.3. The highest BCUT2D eigenvalue weighted by atomic mass is 35.5. The Bertz CT molecular complexity index is 1150. The molecule has 0 atom stereocenters. The predicted octanol–water partition coefficient (Wildman–Crippen LogP) is 4.09. The molecule has 0 bridgehead atoms. The van der Waals surface area contributed by atoms with Gasteiger partial charge in [-0.1, -0.05) is 18.5 Å². The second-order valence-electron chi connectivity index (χ2n) is 7.46. The molecule has 0 radical (unpaired) electrons. The van der Waals surface area contributed by atoms with Gasteiger partial charge in [0, 0.05) is 37.6 Å². The third kappa shape index (κ3) is 5.59. The maximum Gasteiger partial charge on any atom is 0.263 e. The molecule has 2 aromatic carbocycles. The number of methoxy groups -OCH3 is 1. The zero-order chi connectivity index (χ0) is 25.9. The molecule has 0 spiro atoms. The molecule has 0 aromatic heterocycles. The zero-order valence-electron chi connectivity index (χ0n) is 18.7. The van der Waals surface area contributed by atoms with Crippen molar-refractivity contribution in [3.8, 4) is 5.75 Å². The number of anilines is 2. The van der Waals surface area contributed by atoms with Crippen molar-refractivity contribution in [2.75, 3.05) is 43.5 Å². The fourth-order valence-electron chi connectivity index (χ4n) is 3.61. The molecular formula is C22H21ClF4N4O3S. The molecule has 2 N–H and O–H groups in total. The molecule has 2 aromatic rings. The summed E-state index contributed by atoms with van der Waals surface area (Å²) in [5, 5.41) is 4.67. The molecule has 1 saturated heterocycles. The van der Waals surface area contributed by atoms with E-state index in [1.807, 2.05) is 10.2 Å². The van der Waals surface area contributed by atoms with Crippen LogP contribution >= 0.6 is 23.8 Å². The van der Waals surface area contributed by atoms with Gasteiger partial charge < -0.3 is 19.9 Å². The molecule has 188 valence electrons. The minimum Gasteiger partial charge on any atom is -0.491 e. The topological polar surface area (TPSA) is 73.9 Å². The Morgan fingerprint density at radius 3 is 2.20 bits per heavy atom. The van der Waals surface area contributed by atoms with Crippen LogP contribution < -0.4 is 20.3 Å². The number of halogens is 5. The lowest BCUT2D eigenvalue weighted by Gasteiger charge is -2.37. The van der Waals surface area contributed by atoms with Gasteiger partial charge in [-0.15, -0.1) is 0 Å². The van der Waals surface area contributed by atoms with Crippen LogP contribution in [0.5, 0.6) is 5.75 Å². The number of benzene rings is 2. The van der Waals surface area contributed by atoms with Gasteiger partial charge in [-0.05, 0) is 30.4 Å². The number of amides is 2. The van der Waals surface area contributed by atoms with Crippen LogP contribution in [0, 0.1) is 23.3 Å². The first-order valence-corrected chi connectivity index (χ1v) is 11.2. The van der Waals surface area contributed by atoms with Crippen LogP contribution in [0.3, 0.4) is 0 Å². The van der Waals surface area contributed by atoms with E-state index in [-0.39, 0.29) is 5.91 Å². The van der Waals surface area contributed by atoms with E-state index < -0.39 is 45.6 Å². The van der Waals surface area contributed by atoms with Crippen molar-refractivity contribution in [2.45, 2.75) is 13.3 Å². The molecule has 7 nitrogen and oxygen atoms in total. The minimum atomic E-state index is -1.93. The smallest absolute Gasteiger partial charge is 0.263 e. The summed E-state index contributed by atoms with van der Waals surface area (Å²) in [5.41, 5.74) is -0.479. The van der Waals surface area contributed by atoms with E-state index in [9.17, 15) is 27.2 Å². The van der Waals surface area contributed by atoms with Gasteiger partial charge in [0.15, 0.2) is 22.5 Å². The van der Waals surface area contributed by atoms with Gasteiger partial charge in [0.2, 0.25) is 17.5 Å². The Labute approximate surface area is 209 Å². The summed E-state index contributed by atoms with van der Waals surface area (Å²) in [4.78, 5) is 28.1. The van der Waals surface area contributed by atoms with E-state index in [0.717, 1.165) is 7.11 Å². The molecule has 0 aliphatic carbocycles. The second-order valence-corrected chi connectivity index (χ2v) is 8.30. The third-order valence-corrected chi connectivity index (χ3v) is 5.80. The first-order valence-electron chi connectivity index (χ1n) is 10.4. The largest absolute Gasteiger partial charge is 0.491 e. The van der Waals surface area contributed by atoms with Crippen molar-refractivity contribution < 1.29 is 31.9 Å². The SMILES string of the molecule is CCC(=O)N1CCN(c2ccc(Cl)cc2NC(=S)NC(=O)c2c(F)c(F)c(OC)c(F)c2F)CC1. The first kappa shape index (κ1) is 26.5. The lowest BCUT2D eigenvalue weighted by Crippen LogP contribution is -2.48. The summed E-state index contributed by atoms with van der Waals surface area (Å²) >= 11 is 11.2. The van der Waals surface area contributed by atoms with Crippen molar-refractivity contribution in [1.29, 1.82) is 0 Å². The quantitative estimate of drug-likeness (QED) is 0.343. The highest BCUT2D eigenvalue weighted by Gasteiger charge is 2.30. The van der Waals surface area contributed by atoms with Crippen LogP contribution in [0.25, 0.3) is 0 Å². The summed E-state index contributed by atoms with van der Waals surface area (Å²) in [6, 6.07) is 4.87. The van der Waals surface area contributed by atoms with E-state index in [0.29, 0.717) is 49.0 Å². The summed E-state index contributed by atoms with van der Waals surface area (Å²) in [5.74, 6) is -10.3. The van der Waals surface area contributed by atoms with Gasteiger partial charge in [-0.2, -0.15) is 8.78 Å². The van der Waals surface area contributed by atoms with Gasteiger partial charge in [0.1, 0.15) is 5.56 Å². The van der Waals surface area contributed by atoms with Gasteiger partial charge in [-0.3, -0.25) is 14.9 Å². The molecule has 0 unspecified atom stereocenters. The van der Waals surface area contributed by atoms with Crippen molar-refractivity contribution >= 4 is 52.1 Å². The Morgan fingerprint density at radius 1 is 1.06 bits per heavy atom. The van der Waals surface area contributed by atoms with E-state index in [4.69, 9.17) is 23.8 Å². The lowest BCUT2D eigenvalue weighted by atomic mass is 10.1. The van der Waals surface area contributed by atoms with Crippen LogP contribution in [0.15, 0.2) is 18.2 Å². The number of carbonyl (C=O) groups excluding carboxylic acids is 2. The normalized spacial score (nSPS) is 13.5. The number of ether oxygens (including phenoxy) is 1. The number of thiocarbonyl (C=S) groups is 1. The Balaban J connectivity index is 1.78. The molecule has 1 aliphatic rings. The van der Waals surface area contributed by atoms with Crippen molar-refractivity contribution in [1.82, 2.24) is 10.2 Å². The highest BCUT2D eigenvalue weighted by molar-refractivity contribution is 7.80. The molecule has 13 heteroatoms. The van der Waals surface area contributed by atoms with E-state index in [1.165, 1.54) is 6.07 Å². The van der Waals surface area contributed by atoms with Gasteiger partial charge in [0.25, 0.3) is 5.91 Å². The second kappa shape index (κ2) is 11.1. The van der Waals surface area contributed by atoms with E-state index in [1.54, 1.807) is 24.0 Å². The molecule has 2 amide bonds. The van der Waals surface area contributed by atoms with Gasteiger partial charge in [0.05, 0.1) is 18.5 Å². The van der Waals surface area contributed by atoms with Crippen molar-refractivity contribution in [2.24, 2.45) is 0 Å². The Hall–Kier alpha value is -3.12. The average Bonchev–Trinajstić information content (AvgIpc) is 2.83. The number of carbonyl (C=O) groups is 2. The molecular weight excluding hydrogens is 512 g/mol. The maximum absolute atomic E-state index is 14.3. The van der Waals surface area contributed by atoms with Crippen LogP contribution in [0.4, 0.5) is 28.9 Å². The summed E-state index contributed by atoms with van der Waals surface area (Å²) in [6.07, 6.45) is 0.408. The Morgan fingerprint density at radius 2 is 1.66 bits per heavy atom. The number of hydrogen-bond donors (Lipinski definition) is 2. The molecule has 35 heavy (non-hydrogen) atoms. The van der Waals surface area contributed by atoms with Gasteiger partial charge in [-0.25, -0.2) is 8.78 Å². The molecule has 1 heterocycles. The summed E-state index contributed by atoms with van der Waals surface area (Å²) in [7, 11) is 0.823. The van der Waals surface area contributed by atoms with Crippen LogP contribution in [-0.2, 0) is 4.79 Å². The monoisotopic (exact) mass is 532 g/mol. The number of nitrogens with zero attached hydrogens (tertiary/aromatic N) is 2. The summed E-state index contributed by atoms with van der Waals surface area (Å²) < 4.78 is 60.8. The third-order valence-electron chi connectivity index (χ3n) is 5.36. The fraction of sp³-hybridized carbons (Fsp3) is 0.318. The lowest BCUT2D eigenvalue weighted by molar-refractivity contribution is -0.131. The minimum absolute atomic E-state index is 0.0499. The average molecular weight is 533 g/mol. The van der Waals surface area contributed by atoms with Crippen molar-refractivity contribution in [3.63, 3.8) is 0 Å². The van der Waals surface area contributed by atoms with E-state index >= 15 is 0 Å². The van der Waals surface area contributed by atoms with Gasteiger partial charge >= 0.3 is 0 Å². The number of rotatable bonds is 5. The molecule has 1 fully saturated rings. The molecule has 3 rings (SSSR count). The fourth-order valence-corrected chi connectivity index (χ4v) is 3.99. The van der Waals surface area contributed by atoms with E-state index in [2.05, 4.69) is 10.1 Å². The standard InChI is InChI=1S/C22H21ClF4N4O3S/c1-3-14(32)31-8-6-30(7-9-31)13-5-4-11(23)10-12(13)28-22(35)29-21(33)15-16(24)18(26)20(34-2)19(27)17(15)25/h4-5,10H,3,6-9H2,1-2H3,(H2,28,29,33,35). The van der Waals surface area contributed by atoms with Crippen LogP contribution in [-0.4, -0.2) is 55.1 Å². The first-order chi connectivity index (χ1) is 16.6. The number of nitrogens with one attached hydrogen (secondary N) is 2.